The molecule has 0 spiro atoms. The first-order valence-electron chi connectivity index (χ1n) is 8.95. The Hall–Kier alpha value is -2.42. The standard InChI is InChI=1S/C18H23F2N3O4/c1-27-14-9-11(8-12(19)16(14)20)10-4-6-23(7-5-10)15(24)3-2-13-17(25)22-18(26)21-13/h8-10,13,17,25H,2-7H2,1H3,(H2,21,22,26)/t13-,17?/m1/s1. The molecule has 27 heavy (non-hydrogen) atoms. The molecule has 9 heteroatoms. The SMILES string of the molecule is COc1cc(C2CCN(C(=O)CC[C@H]3NC(=O)NC3O)CC2)cc(F)c1F. The van der Waals surface area contributed by atoms with Crippen molar-refractivity contribution >= 4 is 11.9 Å². The predicted molar refractivity (Wildman–Crippen MR) is 92.2 cm³/mol. The summed E-state index contributed by atoms with van der Waals surface area (Å²) in [6.07, 6.45) is 0.862. The number of aliphatic hydroxyl groups excluding tert-OH is 1. The van der Waals surface area contributed by atoms with Gasteiger partial charge in [0.05, 0.1) is 13.2 Å². The predicted octanol–water partition coefficient (Wildman–Crippen LogP) is 1.46. The van der Waals surface area contributed by atoms with Crippen molar-refractivity contribution in [3.05, 3.63) is 29.3 Å². The number of hydrogen-bond donors (Lipinski definition) is 3. The summed E-state index contributed by atoms with van der Waals surface area (Å²) in [4.78, 5) is 25.2. The van der Waals surface area contributed by atoms with Crippen LogP contribution < -0.4 is 15.4 Å². The minimum absolute atomic E-state index is 0.0261. The summed E-state index contributed by atoms with van der Waals surface area (Å²) in [5.74, 6) is -2.07. The molecule has 2 heterocycles. The number of aliphatic hydroxyl groups is 1. The van der Waals surface area contributed by atoms with Crippen molar-refractivity contribution in [2.24, 2.45) is 0 Å². The van der Waals surface area contributed by atoms with Crippen molar-refractivity contribution in [2.75, 3.05) is 20.2 Å². The molecule has 1 aromatic rings. The third kappa shape index (κ3) is 4.29. The molecule has 0 radical (unpaired) electrons. The molecule has 7 nitrogen and oxygen atoms in total. The second kappa shape index (κ2) is 8.08. The minimum Gasteiger partial charge on any atom is -0.494 e. The number of piperidine rings is 1. The van der Waals surface area contributed by atoms with Crippen molar-refractivity contribution in [3.63, 3.8) is 0 Å². The van der Waals surface area contributed by atoms with Crippen LogP contribution in [0.15, 0.2) is 12.1 Å². The zero-order valence-corrected chi connectivity index (χ0v) is 15.0. The van der Waals surface area contributed by atoms with Crippen molar-refractivity contribution in [3.8, 4) is 5.75 Å². The molecule has 2 aliphatic rings. The van der Waals surface area contributed by atoms with Crippen LogP contribution in [-0.2, 0) is 4.79 Å². The summed E-state index contributed by atoms with van der Waals surface area (Å²) >= 11 is 0. The number of hydrogen-bond acceptors (Lipinski definition) is 4. The zero-order chi connectivity index (χ0) is 19.6. The molecule has 2 fully saturated rings. The summed E-state index contributed by atoms with van der Waals surface area (Å²) < 4.78 is 32.2. The van der Waals surface area contributed by atoms with Gasteiger partial charge in [-0.2, -0.15) is 4.39 Å². The number of rotatable bonds is 5. The number of carbonyl (C=O) groups excluding carboxylic acids is 2. The lowest BCUT2D eigenvalue weighted by Gasteiger charge is -2.32. The number of likely N-dealkylation sites (tertiary alicyclic amines) is 1. The molecular weight excluding hydrogens is 360 g/mol. The van der Waals surface area contributed by atoms with E-state index in [0.29, 0.717) is 37.9 Å². The third-order valence-electron chi connectivity index (χ3n) is 5.20. The van der Waals surface area contributed by atoms with Crippen molar-refractivity contribution in [2.45, 2.75) is 43.9 Å². The van der Waals surface area contributed by atoms with Gasteiger partial charge in [0.2, 0.25) is 11.7 Å². The minimum atomic E-state index is -0.996. The lowest BCUT2D eigenvalue weighted by molar-refractivity contribution is -0.132. The average Bonchev–Trinajstić information content (AvgIpc) is 2.99. The Morgan fingerprint density at radius 3 is 2.59 bits per heavy atom. The number of halogens is 2. The lowest BCUT2D eigenvalue weighted by Crippen LogP contribution is -2.39. The molecule has 0 saturated carbocycles. The van der Waals surface area contributed by atoms with E-state index >= 15 is 0 Å². The highest BCUT2D eigenvalue weighted by molar-refractivity contribution is 5.78. The highest BCUT2D eigenvalue weighted by Crippen LogP contribution is 2.32. The molecule has 3 amide bonds. The number of amides is 3. The molecule has 0 bridgehead atoms. The summed E-state index contributed by atoms with van der Waals surface area (Å²) in [5, 5.41) is 14.5. The fraction of sp³-hybridized carbons (Fsp3) is 0.556. The van der Waals surface area contributed by atoms with Gasteiger partial charge in [-0.1, -0.05) is 0 Å². The van der Waals surface area contributed by atoms with Gasteiger partial charge in [0.15, 0.2) is 11.6 Å². The van der Waals surface area contributed by atoms with Crippen LogP contribution in [0.5, 0.6) is 5.75 Å². The van der Waals surface area contributed by atoms with Crippen LogP contribution in [0.2, 0.25) is 0 Å². The summed E-state index contributed by atoms with van der Waals surface area (Å²) in [5.41, 5.74) is 0.667. The van der Waals surface area contributed by atoms with Crippen LogP contribution in [0, 0.1) is 11.6 Å². The Kier molecular flexibility index (Phi) is 5.79. The van der Waals surface area contributed by atoms with Gasteiger partial charge in [0.1, 0.15) is 6.23 Å². The van der Waals surface area contributed by atoms with Crippen LogP contribution >= 0.6 is 0 Å². The molecule has 0 aromatic heterocycles. The summed E-state index contributed by atoms with van der Waals surface area (Å²) in [6, 6.07) is 1.78. The third-order valence-corrected chi connectivity index (χ3v) is 5.20. The molecular formula is C18H23F2N3O4. The van der Waals surface area contributed by atoms with E-state index in [1.807, 2.05) is 0 Å². The Morgan fingerprint density at radius 2 is 2.00 bits per heavy atom. The monoisotopic (exact) mass is 383 g/mol. The molecule has 148 valence electrons. The van der Waals surface area contributed by atoms with Crippen LogP contribution in [0.4, 0.5) is 13.6 Å². The molecule has 1 aromatic carbocycles. The van der Waals surface area contributed by atoms with Crippen molar-refractivity contribution in [1.82, 2.24) is 15.5 Å². The zero-order valence-electron chi connectivity index (χ0n) is 15.0. The van der Waals surface area contributed by atoms with Crippen LogP contribution in [-0.4, -0.2) is 54.4 Å². The van der Waals surface area contributed by atoms with Crippen LogP contribution in [0.3, 0.4) is 0 Å². The van der Waals surface area contributed by atoms with E-state index in [4.69, 9.17) is 4.74 Å². The van der Waals surface area contributed by atoms with Gasteiger partial charge < -0.3 is 25.4 Å². The van der Waals surface area contributed by atoms with Gasteiger partial charge in [-0.05, 0) is 42.9 Å². The van der Waals surface area contributed by atoms with Crippen LogP contribution in [0.1, 0.15) is 37.2 Å². The fourth-order valence-corrected chi connectivity index (χ4v) is 3.62. The van der Waals surface area contributed by atoms with E-state index in [1.165, 1.54) is 19.2 Å². The van der Waals surface area contributed by atoms with Gasteiger partial charge in [-0.15, -0.1) is 0 Å². The second-order valence-electron chi connectivity index (χ2n) is 6.88. The van der Waals surface area contributed by atoms with Crippen LogP contribution in [0.25, 0.3) is 0 Å². The maximum atomic E-state index is 13.7. The molecule has 3 N–H and O–H groups in total. The highest BCUT2D eigenvalue weighted by Gasteiger charge is 2.31. The molecule has 3 rings (SSSR count). The smallest absolute Gasteiger partial charge is 0.317 e. The number of methoxy groups -OCH3 is 1. The first-order valence-corrected chi connectivity index (χ1v) is 8.95. The van der Waals surface area contributed by atoms with E-state index in [2.05, 4.69) is 10.6 Å². The first kappa shape index (κ1) is 19.3. The molecule has 1 unspecified atom stereocenters. The number of benzene rings is 1. The number of ether oxygens (including phenoxy) is 1. The van der Waals surface area contributed by atoms with Gasteiger partial charge in [-0.3, -0.25) is 4.79 Å². The van der Waals surface area contributed by atoms with Gasteiger partial charge >= 0.3 is 6.03 Å². The number of urea groups is 1. The van der Waals surface area contributed by atoms with E-state index in [1.54, 1.807) is 4.90 Å². The molecule has 0 aliphatic carbocycles. The number of carbonyl (C=O) groups is 2. The number of nitrogens with zero attached hydrogens (tertiary/aromatic N) is 1. The second-order valence-corrected chi connectivity index (χ2v) is 6.88. The number of nitrogens with one attached hydrogen (secondary N) is 2. The van der Waals surface area contributed by atoms with Gasteiger partial charge in [0, 0.05) is 19.5 Å². The Balaban J connectivity index is 1.52. The van der Waals surface area contributed by atoms with Gasteiger partial charge in [-0.25, -0.2) is 9.18 Å². The Bertz CT molecular complexity index is 723. The van der Waals surface area contributed by atoms with E-state index < -0.39 is 29.9 Å². The summed E-state index contributed by atoms with van der Waals surface area (Å²) in [6.45, 7) is 1.03. The topological polar surface area (TPSA) is 90.9 Å². The Labute approximate surface area is 155 Å². The first-order chi connectivity index (χ1) is 12.9. The fourth-order valence-electron chi connectivity index (χ4n) is 3.62. The molecule has 2 saturated heterocycles. The largest absolute Gasteiger partial charge is 0.494 e. The van der Waals surface area contributed by atoms with E-state index in [9.17, 15) is 23.5 Å². The average molecular weight is 383 g/mol. The molecule has 2 aliphatic heterocycles. The summed E-state index contributed by atoms with van der Waals surface area (Å²) in [7, 11) is 1.29. The maximum Gasteiger partial charge on any atom is 0.317 e. The maximum absolute atomic E-state index is 13.7. The van der Waals surface area contributed by atoms with Gasteiger partial charge in [0.25, 0.3) is 0 Å². The van der Waals surface area contributed by atoms with E-state index in [-0.39, 0.29) is 24.0 Å². The lowest BCUT2D eigenvalue weighted by atomic mass is 9.89. The van der Waals surface area contributed by atoms with Crippen molar-refractivity contribution in [1.29, 1.82) is 0 Å². The Morgan fingerprint density at radius 1 is 1.30 bits per heavy atom. The van der Waals surface area contributed by atoms with E-state index in [0.717, 1.165) is 0 Å². The quantitative estimate of drug-likeness (QED) is 0.718. The highest BCUT2D eigenvalue weighted by atomic mass is 19.2. The van der Waals surface area contributed by atoms with Crippen molar-refractivity contribution < 1.29 is 28.2 Å². The molecule has 2 atom stereocenters. The normalized spacial score (nSPS) is 23.1.